The number of alkyl halides is 3. The van der Waals surface area contributed by atoms with E-state index in [1.54, 1.807) is 11.1 Å². The van der Waals surface area contributed by atoms with Crippen LogP contribution < -0.4 is 0 Å². The van der Waals surface area contributed by atoms with Gasteiger partial charge in [0.05, 0.1) is 11.3 Å². The van der Waals surface area contributed by atoms with Crippen molar-refractivity contribution in [1.82, 2.24) is 19.7 Å². The van der Waals surface area contributed by atoms with Gasteiger partial charge in [0.2, 0.25) is 11.8 Å². The lowest BCUT2D eigenvalue weighted by Gasteiger charge is -2.39. The minimum atomic E-state index is -4.71. The van der Waals surface area contributed by atoms with Crippen molar-refractivity contribution in [3.8, 4) is 11.3 Å². The van der Waals surface area contributed by atoms with Gasteiger partial charge in [-0.3, -0.25) is 19.5 Å². The van der Waals surface area contributed by atoms with E-state index in [0.717, 1.165) is 53.2 Å². The number of nitrogens with zero attached hydrogens (tertiary/aromatic N) is 4. The number of carbonyl (C=O) groups is 2. The molecule has 0 aliphatic carbocycles. The Morgan fingerprint density at radius 2 is 1.42 bits per heavy atom. The van der Waals surface area contributed by atoms with Gasteiger partial charge in [-0.2, -0.15) is 13.2 Å². The van der Waals surface area contributed by atoms with Crippen LogP contribution in [0, 0.1) is 5.82 Å². The third kappa shape index (κ3) is 9.38. The van der Waals surface area contributed by atoms with E-state index in [4.69, 9.17) is 0 Å². The Balaban J connectivity index is 1.29. The van der Waals surface area contributed by atoms with E-state index in [1.165, 1.54) is 10.5 Å². The van der Waals surface area contributed by atoms with Crippen LogP contribution in [-0.2, 0) is 35.3 Å². The second-order valence-electron chi connectivity index (χ2n) is 12.7. The minimum absolute atomic E-state index is 0.0539. The second-order valence-corrected chi connectivity index (χ2v) is 12.7. The molecule has 52 heavy (non-hydrogen) atoms. The molecule has 4 aromatic carbocycles. The summed E-state index contributed by atoms with van der Waals surface area (Å²) >= 11 is 0. The summed E-state index contributed by atoms with van der Waals surface area (Å²) in [5.41, 5.74) is 3.15. The highest BCUT2D eigenvalue weighted by atomic mass is 19.4. The molecule has 0 N–H and O–H groups in total. The quantitative estimate of drug-likeness (QED) is 0.104. The number of carbonyl (C=O) groups excluding carboxylic acids is 2. The predicted octanol–water partition coefficient (Wildman–Crippen LogP) is 7.90. The van der Waals surface area contributed by atoms with Gasteiger partial charge in [0.25, 0.3) is 0 Å². The highest BCUT2D eigenvalue weighted by Gasteiger charge is 2.34. The van der Waals surface area contributed by atoms with Gasteiger partial charge in [0.1, 0.15) is 11.9 Å². The molecule has 2 heterocycles. The molecule has 5 aromatic rings. The first-order valence-corrected chi connectivity index (χ1v) is 17.1. The van der Waals surface area contributed by atoms with Gasteiger partial charge in [-0.05, 0) is 47.0 Å². The van der Waals surface area contributed by atoms with E-state index in [-0.39, 0.29) is 24.4 Å². The maximum absolute atomic E-state index is 14.8. The number of hydrogen-bond donors (Lipinski definition) is 0. The van der Waals surface area contributed by atoms with Crippen molar-refractivity contribution in [2.24, 2.45) is 0 Å². The molecule has 2 amide bonds. The zero-order valence-corrected chi connectivity index (χ0v) is 28.4. The molecule has 0 bridgehead atoms. The Kier molecular flexibility index (Phi) is 11.6. The number of piperazine rings is 1. The molecule has 0 spiro atoms. The van der Waals surface area contributed by atoms with E-state index in [1.807, 2.05) is 91.0 Å². The Morgan fingerprint density at radius 1 is 0.769 bits per heavy atom. The zero-order valence-electron chi connectivity index (χ0n) is 28.4. The molecule has 1 aliphatic heterocycles. The lowest BCUT2D eigenvalue weighted by Crippen LogP contribution is -2.56. The third-order valence-corrected chi connectivity index (χ3v) is 9.15. The van der Waals surface area contributed by atoms with Gasteiger partial charge < -0.3 is 9.80 Å². The van der Waals surface area contributed by atoms with Crippen molar-refractivity contribution in [3.05, 3.63) is 167 Å². The first-order chi connectivity index (χ1) is 25.1. The van der Waals surface area contributed by atoms with Crippen LogP contribution in [0.5, 0.6) is 0 Å². The number of aromatic nitrogens is 1. The van der Waals surface area contributed by atoms with Crippen LogP contribution in [0.3, 0.4) is 0 Å². The highest BCUT2D eigenvalue weighted by Crippen LogP contribution is 2.30. The van der Waals surface area contributed by atoms with Crippen molar-refractivity contribution in [1.29, 1.82) is 0 Å². The standard InChI is InChI=1S/C42H38F4N4O2/c43-37-28-36(42(44,45)46)20-18-34(37)19-21-40(51)50(30-33-14-16-35(17-15-33)38-13-7-8-22-47-38)39(27-31-9-3-1-4-10-31)41(52)49-25-23-48(24-26-49)29-32-11-5-2-6-12-32/h1-22,28,39H,23-27,29-30H2/t39-/m0/s1. The molecular formula is C42H38F4N4O2. The summed E-state index contributed by atoms with van der Waals surface area (Å²) in [6.07, 6.45) is -0.501. The van der Waals surface area contributed by atoms with Crippen LogP contribution in [0.4, 0.5) is 17.6 Å². The van der Waals surface area contributed by atoms with E-state index in [2.05, 4.69) is 22.0 Å². The number of hydrogen-bond acceptors (Lipinski definition) is 4. The first-order valence-electron chi connectivity index (χ1n) is 17.1. The molecular weight excluding hydrogens is 668 g/mol. The molecule has 6 nitrogen and oxygen atoms in total. The molecule has 6 rings (SSSR count). The Morgan fingerprint density at radius 3 is 2.04 bits per heavy atom. The smallest absolute Gasteiger partial charge is 0.338 e. The van der Waals surface area contributed by atoms with Crippen LogP contribution in [0.25, 0.3) is 17.3 Å². The van der Waals surface area contributed by atoms with E-state index in [9.17, 15) is 27.2 Å². The first kappa shape index (κ1) is 36.2. The van der Waals surface area contributed by atoms with Gasteiger partial charge in [-0.15, -0.1) is 0 Å². The number of rotatable bonds is 11. The maximum Gasteiger partial charge on any atom is 0.416 e. The van der Waals surface area contributed by atoms with Crippen LogP contribution in [0.1, 0.15) is 27.8 Å². The summed E-state index contributed by atoms with van der Waals surface area (Å²) in [6.45, 7) is 3.09. The molecule has 1 atom stereocenters. The Labute approximate surface area is 300 Å². The SMILES string of the molecule is O=C([C@H](Cc1ccccc1)N(Cc1ccc(-c2ccccn2)cc1)C(=O)C=Cc1ccc(C(F)(F)F)cc1F)N1CCN(Cc2ccccc2)CC1. The fourth-order valence-corrected chi connectivity index (χ4v) is 6.30. The van der Waals surface area contributed by atoms with Gasteiger partial charge in [0.15, 0.2) is 0 Å². The van der Waals surface area contributed by atoms with Crippen molar-refractivity contribution >= 4 is 17.9 Å². The van der Waals surface area contributed by atoms with Gasteiger partial charge in [-0.1, -0.05) is 97.1 Å². The van der Waals surface area contributed by atoms with Crippen molar-refractivity contribution in [2.75, 3.05) is 26.2 Å². The number of amides is 2. The molecule has 10 heteroatoms. The predicted molar refractivity (Wildman–Crippen MR) is 193 cm³/mol. The minimum Gasteiger partial charge on any atom is -0.338 e. The van der Waals surface area contributed by atoms with E-state index >= 15 is 0 Å². The Hall–Kier alpha value is -5.61. The Bertz CT molecular complexity index is 1960. The summed E-state index contributed by atoms with van der Waals surface area (Å²) in [6, 6.07) is 33.9. The molecule has 1 aliphatic rings. The summed E-state index contributed by atoms with van der Waals surface area (Å²) in [7, 11) is 0. The van der Waals surface area contributed by atoms with Crippen LogP contribution in [0.15, 0.2) is 134 Å². The van der Waals surface area contributed by atoms with Crippen molar-refractivity contribution in [3.63, 3.8) is 0 Å². The fraction of sp³-hybridized carbons (Fsp3) is 0.214. The molecule has 0 radical (unpaired) electrons. The third-order valence-electron chi connectivity index (χ3n) is 9.15. The lowest BCUT2D eigenvalue weighted by molar-refractivity contribution is -0.145. The number of benzene rings is 4. The average molecular weight is 707 g/mol. The molecule has 1 fully saturated rings. The lowest BCUT2D eigenvalue weighted by atomic mass is 10.0. The molecule has 0 unspecified atom stereocenters. The van der Waals surface area contributed by atoms with Gasteiger partial charge in [0, 0.05) is 69.1 Å². The largest absolute Gasteiger partial charge is 0.416 e. The fourth-order valence-electron chi connectivity index (χ4n) is 6.30. The maximum atomic E-state index is 14.8. The molecule has 1 aromatic heterocycles. The average Bonchev–Trinajstić information content (AvgIpc) is 3.16. The summed E-state index contributed by atoms with van der Waals surface area (Å²) in [5, 5.41) is 0. The van der Waals surface area contributed by atoms with E-state index < -0.39 is 29.5 Å². The van der Waals surface area contributed by atoms with Gasteiger partial charge >= 0.3 is 6.18 Å². The summed E-state index contributed by atoms with van der Waals surface area (Å²) in [5.74, 6) is -1.90. The second kappa shape index (κ2) is 16.6. The molecule has 0 saturated carbocycles. The monoisotopic (exact) mass is 706 g/mol. The van der Waals surface area contributed by atoms with Crippen LogP contribution in [0.2, 0.25) is 0 Å². The zero-order chi connectivity index (χ0) is 36.5. The normalized spacial score (nSPS) is 14.3. The van der Waals surface area contributed by atoms with E-state index in [0.29, 0.717) is 32.2 Å². The molecule has 266 valence electrons. The number of halogens is 4. The summed E-state index contributed by atoms with van der Waals surface area (Å²) in [4.78, 5) is 38.6. The van der Waals surface area contributed by atoms with Crippen molar-refractivity contribution in [2.45, 2.75) is 31.7 Å². The van der Waals surface area contributed by atoms with Gasteiger partial charge in [-0.25, -0.2) is 4.39 Å². The van der Waals surface area contributed by atoms with Crippen molar-refractivity contribution < 1.29 is 27.2 Å². The topological polar surface area (TPSA) is 56.8 Å². The van der Waals surface area contributed by atoms with Crippen LogP contribution in [-0.4, -0.2) is 63.7 Å². The number of pyridine rings is 1. The highest BCUT2D eigenvalue weighted by molar-refractivity contribution is 5.96. The van der Waals surface area contributed by atoms with Crippen LogP contribution >= 0.6 is 0 Å². The molecule has 1 saturated heterocycles. The summed E-state index contributed by atoms with van der Waals surface area (Å²) < 4.78 is 54.3.